The van der Waals surface area contributed by atoms with Crippen molar-refractivity contribution in [2.75, 3.05) is 5.32 Å². The fraction of sp³-hybridized carbons (Fsp3) is 0.267. The third-order valence-corrected chi connectivity index (χ3v) is 2.99. The van der Waals surface area contributed by atoms with Crippen LogP contribution < -0.4 is 10.9 Å². The van der Waals surface area contributed by atoms with Crippen molar-refractivity contribution >= 4 is 11.6 Å². The highest BCUT2D eigenvalue weighted by Crippen LogP contribution is 2.12. The number of rotatable bonds is 3. The third kappa shape index (κ3) is 3.12. The van der Waals surface area contributed by atoms with Crippen molar-refractivity contribution in [1.82, 2.24) is 9.78 Å². The molecule has 1 amide bonds. The summed E-state index contributed by atoms with van der Waals surface area (Å²) in [5.74, 6) is -0.268. The van der Waals surface area contributed by atoms with E-state index in [9.17, 15) is 9.59 Å². The van der Waals surface area contributed by atoms with E-state index in [1.54, 1.807) is 19.9 Å². The molecule has 0 fully saturated rings. The maximum absolute atomic E-state index is 12.2. The van der Waals surface area contributed by atoms with Crippen LogP contribution in [0.4, 0.5) is 5.69 Å². The Labute approximate surface area is 117 Å². The smallest absolute Gasteiger partial charge is 0.267 e. The Kier molecular flexibility index (Phi) is 3.98. The minimum Gasteiger partial charge on any atom is -0.324 e. The number of carbonyl (C=O) groups is 1. The predicted molar refractivity (Wildman–Crippen MR) is 77.8 cm³/mol. The number of hydrogen-bond acceptors (Lipinski definition) is 3. The molecule has 5 nitrogen and oxygen atoms in total. The number of anilines is 1. The van der Waals surface area contributed by atoms with Crippen LogP contribution in [0.15, 0.2) is 41.2 Å². The van der Waals surface area contributed by atoms with Crippen LogP contribution in [0.5, 0.6) is 0 Å². The normalized spacial score (nSPS) is 11.9. The zero-order chi connectivity index (χ0) is 14.7. The highest BCUT2D eigenvalue weighted by Gasteiger charge is 2.17. The van der Waals surface area contributed by atoms with Gasteiger partial charge >= 0.3 is 0 Å². The lowest BCUT2D eigenvalue weighted by Crippen LogP contribution is -2.33. The van der Waals surface area contributed by atoms with Crippen molar-refractivity contribution in [3.05, 3.63) is 58.0 Å². The number of nitrogens with zero attached hydrogens (tertiary/aromatic N) is 2. The van der Waals surface area contributed by atoms with Crippen LogP contribution in [0.3, 0.4) is 0 Å². The zero-order valence-electron chi connectivity index (χ0n) is 11.8. The molecular formula is C15H17N3O2. The summed E-state index contributed by atoms with van der Waals surface area (Å²) in [5, 5.41) is 6.89. The summed E-state index contributed by atoms with van der Waals surface area (Å²) < 4.78 is 1.19. The molecule has 1 aromatic carbocycles. The Hall–Kier alpha value is -2.43. The van der Waals surface area contributed by atoms with Crippen molar-refractivity contribution < 1.29 is 4.79 Å². The average molecular weight is 271 g/mol. The lowest BCUT2D eigenvalue weighted by atomic mass is 10.2. The number of carbonyl (C=O) groups excluding carboxylic acids is 1. The summed E-state index contributed by atoms with van der Waals surface area (Å²) >= 11 is 0. The Balaban J connectivity index is 2.20. The van der Waals surface area contributed by atoms with Gasteiger partial charge < -0.3 is 5.32 Å². The maximum Gasteiger partial charge on any atom is 0.267 e. The van der Waals surface area contributed by atoms with Crippen molar-refractivity contribution in [3.8, 4) is 0 Å². The van der Waals surface area contributed by atoms with Gasteiger partial charge in [-0.3, -0.25) is 9.59 Å². The number of benzene rings is 1. The highest BCUT2D eigenvalue weighted by atomic mass is 16.2. The summed E-state index contributed by atoms with van der Waals surface area (Å²) in [7, 11) is 0. The molecule has 0 aliphatic carbocycles. The van der Waals surface area contributed by atoms with E-state index in [0.29, 0.717) is 11.4 Å². The van der Waals surface area contributed by atoms with Crippen LogP contribution in [0.1, 0.15) is 24.2 Å². The third-order valence-electron chi connectivity index (χ3n) is 2.99. The first-order valence-electron chi connectivity index (χ1n) is 6.41. The van der Waals surface area contributed by atoms with E-state index in [-0.39, 0.29) is 11.5 Å². The molecule has 0 aliphatic heterocycles. The van der Waals surface area contributed by atoms with Gasteiger partial charge in [-0.2, -0.15) is 5.10 Å². The van der Waals surface area contributed by atoms with Gasteiger partial charge in [0.25, 0.3) is 5.56 Å². The van der Waals surface area contributed by atoms with Gasteiger partial charge in [0.1, 0.15) is 6.04 Å². The molecule has 0 saturated heterocycles. The number of aryl methyl sites for hydroxylation is 2. The van der Waals surface area contributed by atoms with Crippen molar-refractivity contribution in [2.24, 2.45) is 0 Å². The molecular weight excluding hydrogens is 254 g/mol. The molecule has 0 aliphatic rings. The van der Waals surface area contributed by atoms with Crippen LogP contribution in [0.2, 0.25) is 0 Å². The molecule has 1 heterocycles. The van der Waals surface area contributed by atoms with E-state index in [4.69, 9.17) is 0 Å². The molecule has 2 aromatic rings. The van der Waals surface area contributed by atoms with Gasteiger partial charge in [-0.15, -0.1) is 0 Å². The summed E-state index contributed by atoms with van der Waals surface area (Å²) in [6.07, 6.45) is 0. The van der Waals surface area contributed by atoms with Crippen LogP contribution in [0.25, 0.3) is 0 Å². The van der Waals surface area contributed by atoms with Gasteiger partial charge in [-0.25, -0.2) is 4.68 Å². The van der Waals surface area contributed by atoms with Gasteiger partial charge in [-0.1, -0.05) is 12.1 Å². The molecule has 5 heteroatoms. The van der Waals surface area contributed by atoms with Crippen LogP contribution in [-0.2, 0) is 4.79 Å². The highest BCUT2D eigenvalue weighted by molar-refractivity contribution is 5.93. The van der Waals surface area contributed by atoms with Crippen LogP contribution in [0, 0.1) is 13.8 Å². The first kappa shape index (κ1) is 14.0. The summed E-state index contributed by atoms with van der Waals surface area (Å²) in [4.78, 5) is 23.9. The Bertz CT molecular complexity index is 692. The molecule has 2 rings (SSSR count). The van der Waals surface area contributed by atoms with Crippen LogP contribution in [-0.4, -0.2) is 15.7 Å². The van der Waals surface area contributed by atoms with E-state index in [2.05, 4.69) is 10.4 Å². The number of hydrogen-bond donors (Lipinski definition) is 1. The second kappa shape index (κ2) is 5.69. The predicted octanol–water partition coefficient (Wildman–Crippen LogP) is 2.06. The van der Waals surface area contributed by atoms with Gasteiger partial charge in [0.05, 0.1) is 5.69 Å². The van der Waals surface area contributed by atoms with Crippen LogP contribution >= 0.6 is 0 Å². The molecule has 20 heavy (non-hydrogen) atoms. The second-order valence-corrected chi connectivity index (χ2v) is 4.79. The quantitative estimate of drug-likeness (QED) is 0.929. The standard InChI is InChI=1S/C15H17N3O2/c1-10-5-4-6-13(9-10)16-15(20)12(3)18-14(19)8-7-11(2)17-18/h4-9,12H,1-3H3,(H,16,20)/t12-/m0/s1. The first-order valence-corrected chi connectivity index (χ1v) is 6.41. The minimum absolute atomic E-state index is 0.268. The fourth-order valence-electron chi connectivity index (χ4n) is 1.88. The molecule has 1 aromatic heterocycles. The molecule has 1 atom stereocenters. The zero-order valence-corrected chi connectivity index (χ0v) is 11.8. The molecule has 104 valence electrons. The number of amides is 1. The molecule has 0 unspecified atom stereocenters. The fourth-order valence-corrected chi connectivity index (χ4v) is 1.88. The Morgan fingerprint density at radius 3 is 2.70 bits per heavy atom. The largest absolute Gasteiger partial charge is 0.324 e. The minimum atomic E-state index is -0.664. The van der Waals surface area contributed by atoms with E-state index >= 15 is 0 Å². The molecule has 1 N–H and O–H groups in total. The number of nitrogens with one attached hydrogen (secondary N) is 1. The lowest BCUT2D eigenvalue weighted by Gasteiger charge is -2.14. The van der Waals surface area contributed by atoms with E-state index in [0.717, 1.165) is 5.56 Å². The van der Waals surface area contributed by atoms with Crippen molar-refractivity contribution in [3.63, 3.8) is 0 Å². The number of aromatic nitrogens is 2. The summed E-state index contributed by atoms with van der Waals surface area (Å²) in [6.45, 7) is 5.38. The van der Waals surface area contributed by atoms with Crippen molar-refractivity contribution in [2.45, 2.75) is 26.8 Å². The molecule has 0 bridgehead atoms. The molecule has 0 spiro atoms. The SMILES string of the molecule is Cc1cccc(NC(=O)[C@H](C)n2nc(C)ccc2=O)c1. The average Bonchev–Trinajstić information content (AvgIpc) is 2.40. The van der Waals surface area contributed by atoms with E-state index in [1.165, 1.54) is 10.7 Å². The maximum atomic E-state index is 12.2. The lowest BCUT2D eigenvalue weighted by molar-refractivity contribution is -0.119. The summed E-state index contributed by atoms with van der Waals surface area (Å²) in [6, 6.07) is 9.88. The second-order valence-electron chi connectivity index (χ2n) is 4.79. The van der Waals surface area contributed by atoms with Gasteiger partial charge in [-0.05, 0) is 44.5 Å². The Morgan fingerprint density at radius 1 is 1.25 bits per heavy atom. The molecule has 0 saturated carbocycles. The first-order chi connectivity index (χ1) is 9.47. The Morgan fingerprint density at radius 2 is 2.00 bits per heavy atom. The van der Waals surface area contributed by atoms with Gasteiger partial charge in [0.2, 0.25) is 5.91 Å². The monoisotopic (exact) mass is 271 g/mol. The molecule has 0 radical (unpaired) electrons. The van der Waals surface area contributed by atoms with Gasteiger partial charge in [0.15, 0.2) is 0 Å². The van der Waals surface area contributed by atoms with Gasteiger partial charge in [0, 0.05) is 11.8 Å². The summed E-state index contributed by atoms with van der Waals surface area (Å²) in [5.41, 5.74) is 2.17. The van der Waals surface area contributed by atoms with Crippen molar-refractivity contribution in [1.29, 1.82) is 0 Å². The topological polar surface area (TPSA) is 64.0 Å². The van der Waals surface area contributed by atoms with E-state index < -0.39 is 6.04 Å². The van der Waals surface area contributed by atoms with E-state index in [1.807, 2.05) is 31.2 Å².